The van der Waals surface area contributed by atoms with Gasteiger partial charge < -0.3 is 5.32 Å². The van der Waals surface area contributed by atoms with Crippen LogP contribution in [0.3, 0.4) is 0 Å². The second-order valence-electron chi connectivity index (χ2n) is 3.79. The highest BCUT2D eigenvalue weighted by molar-refractivity contribution is 4.95. The molecule has 1 saturated heterocycles. The van der Waals surface area contributed by atoms with Gasteiger partial charge in [0.2, 0.25) is 0 Å². The first-order valence-corrected chi connectivity index (χ1v) is 5.36. The lowest BCUT2D eigenvalue weighted by Gasteiger charge is -2.29. The summed E-state index contributed by atoms with van der Waals surface area (Å²) in [6, 6.07) is 1.33. The standard InChI is InChI=1S/C12H21N/c1-3-5-8-12-10-6-9-11(13-12)7-4-2/h3-4,7,11-13H,1,5-6,8-10H2,2H3/b7-4+. The molecule has 1 heterocycles. The fourth-order valence-corrected chi connectivity index (χ4v) is 1.98. The maximum atomic E-state index is 3.76. The summed E-state index contributed by atoms with van der Waals surface area (Å²) >= 11 is 0. The van der Waals surface area contributed by atoms with Crippen LogP contribution in [0, 0.1) is 0 Å². The molecule has 1 rings (SSSR count). The summed E-state index contributed by atoms with van der Waals surface area (Å²) < 4.78 is 0. The van der Waals surface area contributed by atoms with Crippen LogP contribution in [0.4, 0.5) is 0 Å². The third-order valence-corrected chi connectivity index (χ3v) is 2.66. The zero-order chi connectivity index (χ0) is 9.52. The van der Waals surface area contributed by atoms with Crippen molar-refractivity contribution in [3.8, 4) is 0 Å². The van der Waals surface area contributed by atoms with Crippen molar-refractivity contribution < 1.29 is 0 Å². The van der Waals surface area contributed by atoms with Crippen molar-refractivity contribution in [2.45, 2.75) is 51.1 Å². The van der Waals surface area contributed by atoms with Crippen LogP contribution in [0.5, 0.6) is 0 Å². The van der Waals surface area contributed by atoms with Crippen molar-refractivity contribution in [2.75, 3.05) is 0 Å². The lowest BCUT2D eigenvalue weighted by Crippen LogP contribution is -2.40. The first-order valence-electron chi connectivity index (χ1n) is 5.36. The molecule has 1 N–H and O–H groups in total. The Bertz CT molecular complexity index is 172. The Labute approximate surface area is 81.9 Å². The normalized spacial score (nSPS) is 29.3. The van der Waals surface area contributed by atoms with Crippen LogP contribution in [0.25, 0.3) is 0 Å². The number of allylic oxidation sites excluding steroid dienone is 2. The van der Waals surface area contributed by atoms with Crippen LogP contribution in [0.1, 0.15) is 39.0 Å². The summed E-state index contributed by atoms with van der Waals surface area (Å²) in [6.07, 6.45) is 12.8. The molecular weight excluding hydrogens is 158 g/mol. The Hall–Kier alpha value is -0.560. The minimum absolute atomic E-state index is 0.619. The molecule has 1 aliphatic rings. The monoisotopic (exact) mass is 179 g/mol. The van der Waals surface area contributed by atoms with Crippen molar-refractivity contribution in [1.82, 2.24) is 5.32 Å². The van der Waals surface area contributed by atoms with Crippen LogP contribution in [0.2, 0.25) is 0 Å². The zero-order valence-electron chi connectivity index (χ0n) is 8.63. The number of piperidine rings is 1. The molecule has 2 atom stereocenters. The van der Waals surface area contributed by atoms with E-state index in [2.05, 4.69) is 31.0 Å². The Morgan fingerprint density at radius 1 is 1.46 bits per heavy atom. The highest BCUT2D eigenvalue weighted by Gasteiger charge is 2.17. The first-order chi connectivity index (χ1) is 6.36. The molecule has 0 amide bonds. The van der Waals surface area contributed by atoms with Gasteiger partial charge in [-0.25, -0.2) is 0 Å². The highest BCUT2D eigenvalue weighted by atomic mass is 15.0. The molecule has 2 unspecified atom stereocenters. The lowest BCUT2D eigenvalue weighted by atomic mass is 9.95. The molecule has 0 aromatic heterocycles. The molecular formula is C12H21N. The van der Waals surface area contributed by atoms with Gasteiger partial charge >= 0.3 is 0 Å². The number of hydrogen-bond acceptors (Lipinski definition) is 1. The molecule has 0 saturated carbocycles. The van der Waals surface area contributed by atoms with Crippen molar-refractivity contribution in [3.05, 3.63) is 24.8 Å². The molecule has 0 radical (unpaired) electrons. The average molecular weight is 179 g/mol. The van der Waals surface area contributed by atoms with E-state index in [0.29, 0.717) is 12.1 Å². The molecule has 1 aliphatic heterocycles. The molecule has 0 bridgehead atoms. The molecule has 1 fully saturated rings. The number of nitrogens with one attached hydrogen (secondary N) is 1. The van der Waals surface area contributed by atoms with E-state index in [9.17, 15) is 0 Å². The van der Waals surface area contributed by atoms with Gasteiger partial charge in [0.15, 0.2) is 0 Å². The molecule has 0 aromatic rings. The molecule has 0 aromatic carbocycles. The third kappa shape index (κ3) is 3.77. The van der Waals surface area contributed by atoms with Gasteiger partial charge in [-0.15, -0.1) is 6.58 Å². The van der Waals surface area contributed by atoms with Crippen LogP contribution in [0.15, 0.2) is 24.8 Å². The Balaban J connectivity index is 2.28. The lowest BCUT2D eigenvalue weighted by molar-refractivity contribution is 0.342. The van der Waals surface area contributed by atoms with E-state index in [1.807, 2.05) is 6.08 Å². The van der Waals surface area contributed by atoms with Gasteiger partial charge in [-0.05, 0) is 32.6 Å². The van der Waals surface area contributed by atoms with E-state index >= 15 is 0 Å². The van der Waals surface area contributed by atoms with E-state index in [1.165, 1.54) is 25.7 Å². The molecule has 1 heteroatoms. The van der Waals surface area contributed by atoms with Gasteiger partial charge in [0.1, 0.15) is 0 Å². The maximum Gasteiger partial charge on any atom is 0.0252 e. The van der Waals surface area contributed by atoms with Gasteiger partial charge in [-0.3, -0.25) is 0 Å². The SMILES string of the molecule is C=CCCC1CCCC(/C=C/C)N1. The van der Waals surface area contributed by atoms with Gasteiger partial charge in [-0.2, -0.15) is 0 Å². The average Bonchev–Trinajstić information content (AvgIpc) is 2.16. The number of hydrogen-bond donors (Lipinski definition) is 1. The van der Waals surface area contributed by atoms with Crippen molar-refractivity contribution >= 4 is 0 Å². The fraction of sp³-hybridized carbons (Fsp3) is 0.667. The summed E-state index contributed by atoms with van der Waals surface area (Å²) in [6.45, 7) is 5.85. The number of rotatable bonds is 4. The smallest absolute Gasteiger partial charge is 0.0252 e. The predicted molar refractivity (Wildman–Crippen MR) is 58.8 cm³/mol. The summed E-state index contributed by atoms with van der Waals surface area (Å²) in [5.41, 5.74) is 0. The quantitative estimate of drug-likeness (QED) is 0.654. The van der Waals surface area contributed by atoms with Crippen molar-refractivity contribution in [1.29, 1.82) is 0 Å². The molecule has 1 nitrogen and oxygen atoms in total. The fourth-order valence-electron chi connectivity index (χ4n) is 1.98. The van der Waals surface area contributed by atoms with E-state index in [4.69, 9.17) is 0 Å². The minimum Gasteiger partial charge on any atom is -0.308 e. The van der Waals surface area contributed by atoms with Crippen LogP contribution in [-0.4, -0.2) is 12.1 Å². The second kappa shape index (κ2) is 5.98. The Morgan fingerprint density at radius 3 is 3.00 bits per heavy atom. The van der Waals surface area contributed by atoms with Crippen LogP contribution in [-0.2, 0) is 0 Å². The van der Waals surface area contributed by atoms with E-state index < -0.39 is 0 Å². The van der Waals surface area contributed by atoms with Gasteiger partial charge in [-0.1, -0.05) is 24.6 Å². The zero-order valence-corrected chi connectivity index (χ0v) is 8.63. The van der Waals surface area contributed by atoms with Crippen LogP contribution >= 0.6 is 0 Å². The van der Waals surface area contributed by atoms with Crippen LogP contribution < -0.4 is 5.32 Å². The van der Waals surface area contributed by atoms with Gasteiger partial charge in [0.25, 0.3) is 0 Å². The van der Waals surface area contributed by atoms with E-state index in [1.54, 1.807) is 0 Å². The van der Waals surface area contributed by atoms with E-state index in [-0.39, 0.29) is 0 Å². The Kier molecular flexibility index (Phi) is 4.84. The minimum atomic E-state index is 0.619. The summed E-state index contributed by atoms with van der Waals surface area (Å²) in [7, 11) is 0. The molecule has 13 heavy (non-hydrogen) atoms. The molecule has 0 spiro atoms. The Morgan fingerprint density at radius 2 is 2.31 bits per heavy atom. The van der Waals surface area contributed by atoms with Gasteiger partial charge in [0, 0.05) is 12.1 Å². The molecule has 0 aliphatic carbocycles. The van der Waals surface area contributed by atoms with Gasteiger partial charge in [0.05, 0.1) is 0 Å². The second-order valence-corrected chi connectivity index (χ2v) is 3.79. The first kappa shape index (κ1) is 10.5. The summed E-state index contributed by atoms with van der Waals surface area (Å²) in [5.74, 6) is 0. The highest BCUT2D eigenvalue weighted by Crippen LogP contribution is 2.16. The maximum absolute atomic E-state index is 3.76. The summed E-state index contributed by atoms with van der Waals surface area (Å²) in [4.78, 5) is 0. The van der Waals surface area contributed by atoms with Crippen molar-refractivity contribution in [3.63, 3.8) is 0 Å². The van der Waals surface area contributed by atoms with E-state index in [0.717, 1.165) is 6.42 Å². The van der Waals surface area contributed by atoms with Crippen molar-refractivity contribution in [2.24, 2.45) is 0 Å². The summed E-state index contributed by atoms with van der Waals surface area (Å²) in [5, 5.41) is 3.65. The largest absolute Gasteiger partial charge is 0.308 e. The predicted octanol–water partition coefficient (Wildman–Crippen LogP) is 3.04. The topological polar surface area (TPSA) is 12.0 Å². The third-order valence-electron chi connectivity index (χ3n) is 2.66. The molecule has 74 valence electrons.